The van der Waals surface area contributed by atoms with E-state index in [1.54, 1.807) is 12.3 Å². The molecule has 4 heteroatoms. The fourth-order valence-electron chi connectivity index (χ4n) is 2.04. The highest BCUT2D eigenvalue weighted by atomic mass is 16.4. The molecule has 88 valence electrons. The Bertz CT molecular complexity index is 731. The minimum Gasteiger partial charge on any atom is -0.478 e. The summed E-state index contributed by atoms with van der Waals surface area (Å²) in [6, 6.07) is 9.49. The van der Waals surface area contributed by atoms with E-state index >= 15 is 0 Å². The number of carbonyl (C=O) groups is 1. The summed E-state index contributed by atoms with van der Waals surface area (Å²) >= 11 is 0. The molecule has 0 fully saturated rings. The van der Waals surface area contributed by atoms with Gasteiger partial charge in [-0.15, -0.1) is 0 Å². The van der Waals surface area contributed by atoms with Crippen molar-refractivity contribution in [2.75, 3.05) is 0 Å². The number of H-pyrrole nitrogens is 1. The maximum absolute atomic E-state index is 11.2. The predicted octanol–water partition coefficient (Wildman–Crippen LogP) is 2.93. The van der Waals surface area contributed by atoms with Gasteiger partial charge in [-0.25, -0.2) is 4.79 Å². The Hall–Kier alpha value is -2.62. The SMILES string of the molecule is O=C(O)c1cnccc1-c1ccc2[nH]ccc2c1. The monoisotopic (exact) mass is 238 g/mol. The van der Waals surface area contributed by atoms with Crippen molar-refractivity contribution in [1.82, 2.24) is 9.97 Å². The standard InChI is InChI=1S/C14H10N2O2/c17-14(18)12-8-15-5-4-11(12)9-1-2-13-10(7-9)3-6-16-13/h1-8,16H,(H,17,18). The normalized spacial score (nSPS) is 10.7. The van der Waals surface area contributed by atoms with E-state index in [9.17, 15) is 4.79 Å². The number of carboxylic acid groups (broad SMARTS) is 1. The zero-order valence-corrected chi connectivity index (χ0v) is 9.42. The average Bonchev–Trinajstić information content (AvgIpc) is 2.85. The van der Waals surface area contributed by atoms with Gasteiger partial charge in [0.2, 0.25) is 0 Å². The Morgan fingerprint density at radius 3 is 2.94 bits per heavy atom. The van der Waals surface area contributed by atoms with Crippen LogP contribution in [0.4, 0.5) is 0 Å². The first-order chi connectivity index (χ1) is 8.75. The van der Waals surface area contributed by atoms with E-state index in [0.717, 1.165) is 16.5 Å². The molecule has 2 aromatic heterocycles. The highest BCUT2D eigenvalue weighted by Gasteiger charge is 2.11. The number of hydrogen-bond acceptors (Lipinski definition) is 2. The molecular formula is C14H10N2O2. The molecule has 18 heavy (non-hydrogen) atoms. The average molecular weight is 238 g/mol. The van der Waals surface area contributed by atoms with Crippen LogP contribution in [0.5, 0.6) is 0 Å². The van der Waals surface area contributed by atoms with Crippen LogP contribution >= 0.6 is 0 Å². The first-order valence-electron chi connectivity index (χ1n) is 5.50. The van der Waals surface area contributed by atoms with Crippen molar-refractivity contribution in [1.29, 1.82) is 0 Å². The van der Waals surface area contributed by atoms with Gasteiger partial charge >= 0.3 is 5.97 Å². The minimum atomic E-state index is -0.965. The number of pyridine rings is 1. The van der Waals surface area contributed by atoms with Crippen LogP contribution in [0.15, 0.2) is 48.9 Å². The van der Waals surface area contributed by atoms with Crippen LogP contribution < -0.4 is 0 Å². The van der Waals surface area contributed by atoms with Crippen LogP contribution in [0.3, 0.4) is 0 Å². The molecule has 1 aromatic carbocycles. The minimum absolute atomic E-state index is 0.215. The van der Waals surface area contributed by atoms with Crippen LogP contribution in [0, 0.1) is 0 Å². The maximum atomic E-state index is 11.2. The van der Waals surface area contributed by atoms with Gasteiger partial charge in [0.25, 0.3) is 0 Å². The largest absolute Gasteiger partial charge is 0.478 e. The second-order valence-corrected chi connectivity index (χ2v) is 4.01. The number of nitrogens with zero attached hydrogens (tertiary/aromatic N) is 1. The third-order valence-electron chi connectivity index (χ3n) is 2.92. The van der Waals surface area contributed by atoms with Crippen molar-refractivity contribution >= 4 is 16.9 Å². The van der Waals surface area contributed by atoms with E-state index < -0.39 is 5.97 Å². The number of benzene rings is 1. The lowest BCUT2D eigenvalue weighted by Gasteiger charge is -2.05. The Labute approximate surface area is 103 Å². The topological polar surface area (TPSA) is 66.0 Å². The molecule has 0 radical (unpaired) electrons. The predicted molar refractivity (Wildman–Crippen MR) is 68.5 cm³/mol. The summed E-state index contributed by atoms with van der Waals surface area (Å²) in [5, 5.41) is 10.2. The highest BCUT2D eigenvalue weighted by Crippen LogP contribution is 2.26. The van der Waals surface area contributed by atoms with Crippen molar-refractivity contribution in [2.24, 2.45) is 0 Å². The molecule has 0 saturated heterocycles. The summed E-state index contributed by atoms with van der Waals surface area (Å²) in [6.45, 7) is 0. The number of nitrogens with one attached hydrogen (secondary N) is 1. The van der Waals surface area contributed by atoms with Gasteiger partial charge in [-0.05, 0) is 40.8 Å². The summed E-state index contributed by atoms with van der Waals surface area (Å²) in [7, 11) is 0. The van der Waals surface area contributed by atoms with Gasteiger partial charge in [-0.3, -0.25) is 4.98 Å². The van der Waals surface area contributed by atoms with Gasteiger partial charge in [-0.1, -0.05) is 6.07 Å². The van der Waals surface area contributed by atoms with Crippen molar-refractivity contribution in [3.63, 3.8) is 0 Å². The summed E-state index contributed by atoms with van der Waals surface area (Å²) in [4.78, 5) is 18.1. The first-order valence-corrected chi connectivity index (χ1v) is 5.50. The van der Waals surface area contributed by atoms with Gasteiger partial charge < -0.3 is 10.1 Å². The lowest BCUT2D eigenvalue weighted by Crippen LogP contribution is -2.00. The smallest absolute Gasteiger partial charge is 0.337 e. The second kappa shape index (κ2) is 4.00. The number of carboxylic acids is 1. The Balaban J connectivity index is 2.22. The van der Waals surface area contributed by atoms with E-state index in [-0.39, 0.29) is 5.56 Å². The molecule has 0 saturated carbocycles. The number of aromatic nitrogens is 2. The number of rotatable bonds is 2. The molecular weight excluding hydrogens is 228 g/mol. The molecule has 0 spiro atoms. The van der Waals surface area contributed by atoms with Crippen LogP contribution in [-0.2, 0) is 0 Å². The molecule has 0 aliphatic heterocycles. The molecule has 0 amide bonds. The fourth-order valence-corrected chi connectivity index (χ4v) is 2.04. The van der Waals surface area contributed by atoms with E-state index in [1.807, 2.05) is 30.5 Å². The molecule has 2 N–H and O–H groups in total. The van der Waals surface area contributed by atoms with Crippen LogP contribution in [0.2, 0.25) is 0 Å². The zero-order chi connectivity index (χ0) is 12.5. The summed E-state index contributed by atoms with van der Waals surface area (Å²) in [5.41, 5.74) is 2.81. The molecule has 3 rings (SSSR count). The molecule has 3 aromatic rings. The quantitative estimate of drug-likeness (QED) is 0.721. The Kier molecular flexibility index (Phi) is 2.34. The summed E-state index contributed by atoms with van der Waals surface area (Å²) in [5.74, 6) is -0.965. The molecule has 0 aliphatic carbocycles. The highest BCUT2D eigenvalue weighted by molar-refractivity contribution is 5.97. The summed E-state index contributed by atoms with van der Waals surface area (Å²) in [6.07, 6.45) is 4.83. The first kappa shape index (κ1) is 10.5. The molecule has 4 nitrogen and oxygen atoms in total. The van der Waals surface area contributed by atoms with Gasteiger partial charge in [0.15, 0.2) is 0 Å². The molecule has 0 aliphatic rings. The maximum Gasteiger partial charge on any atom is 0.337 e. The lowest BCUT2D eigenvalue weighted by molar-refractivity contribution is 0.0697. The van der Waals surface area contributed by atoms with E-state index in [4.69, 9.17) is 5.11 Å². The Morgan fingerprint density at radius 2 is 2.11 bits per heavy atom. The van der Waals surface area contributed by atoms with Gasteiger partial charge in [0.1, 0.15) is 0 Å². The number of fused-ring (bicyclic) bond motifs is 1. The van der Waals surface area contributed by atoms with E-state index in [0.29, 0.717) is 5.56 Å². The van der Waals surface area contributed by atoms with E-state index in [2.05, 4.69) is 9.97 Å². The Morgan fingerprint density at radius 1 is 1.22 bits per heavy atom. The van der Waals surface area contributed by atoms with Crippen molar-refractivity contribution in [2.45, 2.75) is 0 Å². The summed E-state index contributed by atoms with van der Waals surface area (Å²) < 4.78 is 0. The van der Waals surface area contributed by atoms with Gasteiger partial charge in [-0.2, -0.15) is 0 Å². The van der Waals surface area contributed by atoms with E-state index in [1.165, 1.54) is 6.20 Å². The lowest BCUT2D eigenvalue weighted by atomic mass is 10.0. The number of aromatic carboxylic acids is 1. The van der Waals surface area contributed by atoms with Gasteiger partial charge in [0.05, 0.1) is 5.56 Å². The number of aromatic amines is 1. The van der Waals surface area contributed by atoms with Crippen molar-refractivity contribution in [3.8, 4) is 11.1 Å². The van der Waals surface area contributed by atoms with Crippen LogP contribution in [-0.4, -0.2) is 21.0 Å². The molecule has 0 atom stereocenters. The zero-order valence-electron chi connectivity index (χ0n) is 9.42. The van der Waals surface area contributed by atoms with Crippen molar-refractivity contribution < 1.29 is 9.90 Å². The van der Waals surface area contributed by atoms with Crippen LogP contribution in [0.25, 0.3) is 22.0 Å². The molecule has 0 bridgehead atoms. The molecule has 0 unspecified atom stereocenters. The molecule has 2 heterocycles. The second-order valence-electron chi connectivity index (χ2n) is 4.01. The number of hydrogen-bond donors (Lipinski definition) is 2. The van der Waals surface area contributed by atoms with Crippen molar-refractivity contribution in [3.05, 3.63) is 54.5 Å². The van der Waals surface area contributed by atoms with Gasteiger partial charge in [0, 0.05) is 24.1 Å². The fraction of sp³-hybridized carbons (Fsp3) is 0. The third kappa shape index (κ3) is 1.64. The third-order valence-corrected chi connectivity index (χ3v) is 2.92. The van der Waals surface area contributed by atoms with Crippen LogP contribution in [0.1, 0.15) is 10.4 Å².